The van der Waals surface area contributed by atoms with Crippen LogP contribution in [0.25, 0.3) is 0 Å². The quantitative estimate of drug-likeness (QED) is 0.246. The molecular weight excluding hydrogens is 554 g/mol. The molecule has 0 heterocycles. The Morgan fingerprint density at radius 2 is 1.70 bits per heavy atom. The number of rotatable bonds is 12. The highest BCUT2D eigenvalue weighted by atomic mass is 35.5. The lowest BCUT2D eigenvalue weighted by Crippen LogP contribution is -2.51. The van der Waals surface area contributed by atoms with Gasteiger partial charge in [-0.3, -0.25) is 9.59 Å². The fourth-order valence-electron chi connectivity index (χ4n) is 3.75. The van der Waals surface area contributed by atoms with Crippen LogP contribution in [0.3, 0.4) is 0 Å². The third kappa shape index (κ3) is 8.64. The predicted molar refractivity (Wildman–Crippen MR) is 152 cm³/mol. The third-order valence-corrected chi connectivity index (χ3v) is 7.73. The molecule has 4 nitrogen and oxygen atoms in total. The lowest BCUT2D eigenvalue weighted by molar-refractivity contribution is -0.139. The van der Waals surface area contributed by atoms with Crippen LogP contribution in [0, 0.1) is 5.82 Å². The van der Waals surface area contributed by atoms with Gasteiger partial charge in [0, 0.05) is 35.8 Å². The molecule has 0 saturated carbocycles. The first-order chi connectivity index (χ1) is 17.8. The lowest BCUT2D eigenvalue weighted by Gasteiger charge is -2.31. The fourth-order valence-corrected chi connectivity index (χ4v) is 5.32. The van der Waals surface area contributed by atoms with Gasteiger partial charge in [-0.15, -0.1) is 11.8 Å². The van der Waals surface area contributed by atoms with Gasteiger partial charge in [-0.1, -0.05) is 84.2 Å². The molecule has 0 aliphatic carbocycles. The summed E-state index contributed by atoms with van der Waals surface area (Å²) >= 11 is 19.7. The number of benzene rings is 3. The maximum absolute atomic E-state index is 14.2. The van der Waals surface area contributed by atoms with Crippen LogP contribution in [0.2, 0.25) is 15.1 Å². The summed E-state index contributed by atoms with van der Waals surface area (Å²) in [5, 5.41) is 4.02. The second kappa shape index (κ2) is 14.6. The highest BCUT2D eigenvalue weighted by Gasteiger charge is 2.30. The van der Waals surface area contributed by atoms with Gasteiger partial charge >= 0.3 is 0 Å². The number of nitrogens with zero attached hydrogens (tertiary/aromatic N) is 1. The van der Waals surface area contributed by atoms with Crippen molar-refractivity contribution < 1.29 is 14.0 Å². The Morgan fingerprint density at radius 3 is 2.38 bits per heavy atom. The van der Waals surface area contributed by atoms with Crippen LogP contribution in [0.15, 0.2) is 66.7 Å². The molecular formula is C28H28Cl3FN2O2S. The minimum absolute atomic E-state index is 0.0400. The molecule has 1 unspecified atom stereocenters. The topological polar surface area (TPSA) is 49.4 Å². The summed E-state index contributed by atoms with van der Waals surface area (Å²) in [5.41, 5.74) is 2.02. The van der Waals surface area contributed by atoms with E-state index in [4.69, 9.17) is 34.8 Å². The molecule has 3 rings (SSSR count). The monoisotopic (exact) mass is 580 g/mol. The molecule has 0 aromatic heterocycles. The number of amides is 2. The molecule has 0 aliphatic rings. The van der Waals surface area contributed by atoms with Crippen molar-refractivity contribution in [1.29, 1.82) is 0 Å². The van der Waals surface area contributed by atoms with E-state index < -0.39 is 11.9 Å². The molecule has 1 atom stereocenters. The normalized spacial score (nSPS) is 11.7. The Hall–Kier alpha value is -2.25. The number of carbonyl (C=O) groups is 2. The van der Waals surface area contributed by atoms with Gasteiger partial charge in [0.2, 0.25) is 11.8 Å². The molecule has 0 spiro atoms. The zero-order chi connectivity index (χ0) is 26.8. The summed E-state index contributed by atoms with van der Waals surface area (Å²) in [4.78, 5) is 28.5. The van der Waals surface area contributed by atoms with Gasteiger partial charge in [0.1, 0.15) is 11.9 Å². The number of carbonyl (C=O) groups excluding carboxylic acids is 2. The molecule has 0 aliphatic heterocycles. The standard InChI is InChI=1S/C28H28Cl3FN2O2S/c1-2-13-33-28(36)26(15-19-7-4-3-5-8-19)34(16-20-11-12-23(30)24(31)14-20)27(35)18-37-17-21-22(29)9-6-10-25(21)32/h3-12,14,26H,2,13,15-18H2,1H3,(H,33,36). The molecule has 2 amide bonds. The first-order valence-corrected chi connectivity index (χ1v) is 14.1. The highest BCUT2D eigenvalue weighted by Crippen LogP contribution is 2.26. The molecule has 1 N–H and O–H groups in total. The van der Waals surface area contributed by atoms with Crippen molar-refractivity contribution in [2.24, 2.45) is 0 Å². The Morgan fingerprint density at radius 1 is 0.946 bits per heavy atom. The Kier molecular flexibility index (Phi) is 11.6. The van der Waals surface area contributed by atoms with E-state index in [0.29, 0.717) is 33.6 Å². The van der Waals surface area contributed by atoms with Gasteiger partial charge in [-0.25, -0.2) is 4.39 Å². The third-order valence-electron chi connectivity index (χ3n) is 5.69. The predicted octanol–water partition coefficient (Wildman–Crippen LogP) is 7.19. The molecule has 196 valence electrons. The maximum atomic E-state index is 14.2. The first kappa shape index (κ1) is 29.3. The van der Waals surface area contributed by atoms with E-state index in [1.54, 1.807) is 35.2 Å². The molecule has 0 saturated heterocycles. The largest absolute Gasteiger partial charge is 0.354 e. The summed E-state index contributed by atoms with van der Waals surface area (Å²) in [6.07, 6.45) is 1.11. The fraction of sp³-hybridized carbons (Fsp3) is 0.286. The zero-order valence-corrected chi connectivity index (χ0v) is 23.4. The van der Waals surface area contributed by atoms with Gasteiger partial charge in [0.25, 0.3) is 0 Å². The number of hydrogen-bond acceptors (Lipinski definition) is 3. The Balaban J connectivity index is 1.87. The maximum Gasteiger partial charge on any atom is 0.243 e. The smallest absolute Gasteiger partial charge is 0.243 e. The van der Waals surface area contributed by atoms with Crippen LogP contribution >= 0.6 is 46.6 Å². The van der Waals surface area contributed by atoms with E-state index in [1.807, 2.05) is 37.3 Å². The van der Waals surface area contributed by atoms with E-state index in [9.17, 15) is 14.0 Å². The highest BCUT2D eigenvalue weighted by molar-refractivity contribution is 7.99. The van der Waals surface area contributed by atoms with Crippen LogP contribution in [0.5, 0.6) is 0 Å². The Labute approximate surface area is 236 Å². The van der Waals surface area contributed by atoms with Gasteiger partial charge in [0.15, 0.2) is 0 Å². The van der Waals surface area contributed by atoms with E-state index in [0.717, 1.165) is 17.5 Å². The zero-order valence-electron chi connectivity index (χ0n) is 20.4. The number of hydrogen-bond donors (Lipinski definition) is 1. The first-order valence-electron chi connectivity index (χ1n) is 11.9. The summed E-state index contributed by atoms with van der Waals surface area (Å²) in [7, 11) is 0. The second-order valence-electron chi connectivity index (χ2n) is 8.46. The van der Waals surface area contributed by atoms with E-state index in [2.05, 4.69) is 5.32 Å². The molecule has 0 radical (unpaired) electrons. The van der Waals surface area contributed by atoms with Crippen LogP contribution in [-0.2, 0) is 28.3 Å². The molecule has 9 heteroatoms. The van der Waals surface area contributed by atoms with Crippen molar-refractivity contribution in [2.75, 3.05) is 12.3 Å². The second-order valence-corrected chi connectivity index (χ2v) is 10.7. The van der Waals surface area contributed by atoms with Crippen molar-refractivity contribution >= 4 is 58.4 Å². The molecule has 0 bridgehead atoms. The van der Waals surface area contributed by atoms with E-state index in [1.165, 1.54) is 17.8 Å². The van der Waals surface area contributed by atoms with Crippen LogP contribution in [0.1, 0.15) is 30.0 Å². The van der Waals surface area contributed by atoms with Gasteiger partial charge < -0.3 is 10.2 Å². The summed E-state index contributed by atoms with van der Waals surface area (Å²) in [6.45, 7) is 2.63. The number of thioether (sulfide) groups is 1. The van der Waals surface area contributed by atoms with Crippen LogP contribution in [0.4, 0.5) is 4.39 Å². The van der Waals surface area contributed by atoms with Crippen molar-refractivity contribution in [3.8, 4) is 0 Å². The summed E-state index contributed by atoms with van der Waals surface area (Å²) < 4.78 is 14.2. The average molecular weight is 582 g/mol. The van der Waals surface area contributed by atoms with Crippen LogP contribution in [-0.4, -0.2) is 35.1 Å². The molecule has 37 heavy (non-hydrogen) atoms. The van der Waals surface area contributed by atoms with E-state index >= 15 is 0 Å². The van der Waals surface area contributed by atoms with Gasteiger partial charge in [-0.05, 0) is 41.8 Å². The van der Waals surface area contributed by atoms with Gasteiger partial charge in [0.05, 0.1) is 15.8 Å². The summed E-state index contributed by atoms with van der Waals surface area (Å²) in [6, 6.07) is 18.4. The minimum Gasteiger partial charge on any atom is -0.354 e. The van der Waals surface area contributed by atoms with Crippen LogP contribution < -0.4 is 5.32 Å². The van der Waals surface area contributed by atoms with Crippen molar-refractivity contribution in [3.05, 3.63) is 104 Å². The number of halogens is 4. The summed E-state index contributed by atoms with van der Waals surface area (Å²) in [5.74, 6) is -0.639. The SMILES string of the molecule is CCCNC(=O)C(Cc1ccccc1)N(Cc1ccc(Cl)c(Cl)c1)C(=O)CSCc1c(F)cccc1Cl. The molecule has 3 aromatic carbocycles. The average Bonchev–Trinajstić information content (AvgIpc) is 2.89. The van der Waals surface area contributed by atoms with Crippen molar-refractivity contribution in [1.82, 2.24) is 10.2 Å². The number of nitrogens with one attached hydrogen (secondary N) is 1. The van der Waals surface area contributed by atoms with Crippen molar-refractivity contribution in [2.45, 2.75) is 38.1 Å². The minimum atomic E-state index is -0.756. The molecule has 3 aromatic rings. The Bertz CT molecular complexity index is 1190. The van der Waals surface area contributed by atoms with Crippen molar-refractivity contribution in [3.63, 3.8) is 0 Å². The van der Waals surface area contributed by atoms with Gasteiger partial charge in [-0.2, -0.15) is 0 Å². The lowest BCUT2D eigenvalue weighted by atomic mass is 10.0. The van der Waals surface area contributed by atoms with E-state index in [-0.39, 0.29) is 29.9 Å². The molecule has 0 fully saturated rings.